The fraction of sp³-hybridized carbons (Fsp3) is 0.391. The quantitative estimate of drug-likeness (QED) is 0.858. The lowest BCUT2D eigenvalue weighted by atomic mass is 9.93. The number of hydrogen-bond donors (Lipinski definition) is 1. The van der Waals surface area contributed by atoms with Gasteiger partial charge in [-0.05, 0) is 62.0 Å². The van der Waals surface area contributed by atoms with E-state index in [0.29, 0.717) is 5.56 Å². The molecule has 1 heterocycles. The van der Waals surface area contributed by atoms with Gasteiger partial charge >= 0.3 is 0 Å². The topological polar surface area (TPSA) is 56.1 Å². The van der Waals surface area contributed by atoms with Crippen molar-refractivity contribution in [1.82, 2.24) is 10.2 Å². The van der Waals surface area contributed by atoms with Gasteiger partial charge in [0.2, 0.25) is 5.91 Å². The Morgan fingerprint density at radius 2 is 1.74 bits per heavy atom. The number of carbonyl (C=O) groups is 1. The molecule has 2 aromatic carbocycles. The molecule has 1 aliphatic carbocycles. The first-order valence-corrected chi connectivity index (χ1v) is 9.80. The van der Waals surface area contributed by atoms with Crippen molar-refractivity contribution in [2.24, 2.45) is 0 Å². The molecular formula is C23H25N3O. The van der Waals surface area contributed by atoms with Gasteiger partial charge in [-0.1, -0.05) is 42.5 Å². The standard InChI is InChI=1S/C23H25N3O/c24-16-18-8-10-20(11-9-18)23(12-13-23)22(27)25-21(17-26-14-4-5-15-26)19-6-2-1-3-7-19/h1-3,6-11,21H,4-5,12-15,17H2,(H,25,27). The van der Waals surface area contributed by atoms with Gasteiger partial charge in [-0.15, -0.1) is 0 Å². The normalized spacial score (nSPS) is 19.2. The zero-order valence-corrected chi connectivity index (χ0v) is 15.5. The Bertz CT molecular complexity index is 828. The zero-order chi connectivity index (χ0) is 18.7. The highest BCUT2D eigenvalue weighted by atomic mass is 16.2. The molecule has 0 spiro atoms. The van der Waals surface area contributed by atoms with Gasteiger partial charge in [-0.25, -0.2) is 0 Å². The van der Waals surface area contributed by atoms with Crippen molar-refractivity contribution < 1.29 is 4.79 Å². The van der Waals surface area contributed by atoms with E-state index in [9.17, 15) is 4.79 Å². The van der Waals surface area contributed by atoms with Gasteiger partial charge in [0.1, 0.15) is 0 Å². The second-order valence-corrected chi connectivity index (χ2v) is 7.72. The number of amides is 1. The van der Waals surface area contributed by atoms with Gasteiger partial charge < -0.3 is 10.2 Å². The molecule has 138 valence electrons. The summed E-state index contributed by atoms with van der Waals surface area (Å²) in [4.78, 5) is 15.7. The number of nitrogens with one attached hydrogen (secondary N) is 1. The molecule has 0 radical (unpaired) electrons. The third kappa shape index (κ3) is 3.74. The van der Waals surface area contributed by atoms with Crippen LogP contribution in [0.4, 0.5) is 0 Å². The average Bonchev–Trinajstić information content (AvgIpc) is 3.38. The maximum atomic E-state index is 13.2. The van der Waals surface area contributed by atoms with Crippen LogP contribution < -0.4 is 5.32 Å². The van der Waals surface area contributed by atoms with Crippen molar-refractivity contribution in [3.8, 4) is 6.07 Å². The molecule has 2 aromatic rings. The van der Waals surface area contributed by atoms with Gasteiger partial charge in [0, 0.05) is 6.54 Å². The summed E-state index contributed by atoms with van der Waals surface area (Å²) in [5, 5.41) is 12.3. The van der Waals surface area contributed by atoms with Crippen LogP contribution in [-0.2, 0) is 10.2 Å². The molecular weight excluding hydrogens is 334 g/mol. The van der Waals surface area contributed by atoms with E-state index < -0.39 is 5.41 Å². The van der Waals surface area contributed by atoms with Gasteiger partial charge in [0.05, 0.1) is 23.1 Å². The predicted molar refractivity (Wildman–Crippen MR) is 105 cm³/mol. The molecule has 1 amide bonds. The summed E-state index contributed by atoms with van der Waals surface area (Å²) in [6, 6.07) is 19.9. The van der Waals surface area contributed by atoms with Crippen molar-refractivity contribution in [2.75, 3.05) is 19.6 Å². The minimum atomic E-state index is -0.425. The molecule has 2 fully saturated rings. The number of nitriles is 1. The summed E-state index contributed by atoms with van der Waals surface area (Å²) < 4.78 is 0. The number of benzene rings is 2. The molecule has 4 nitrogen and oxygen atoms in total. The van der Waals surface area contributed by atoms with Crippen LogP contribution >= 0.6 is 0 Å². The number of nitrogens with zero attached hydrogens (tertiary/aromatic N) is 2. The molecule has 1 aliphatic heterocycles. The monoisotopic (exact) mass is 359 g/mol. The molecule has 1 saturated carbocycles. The van der Waals surface area contributed by atoms with Crippen LogP contribution in [0.15, 0.2) is 54.6 Å². The number of rotatable bonds is 6. The SMILES string of the molecule is N#Cc1ccc(C2(C(=O)NC(CN3CCCC3)c3ccccc3)CC2)cc1. The van der Waals surface area contributed by atoms with E-state index >= 15 is 0 Å². The molecule has 0 bridgehead atoms. The van der Waals surface area contributed by atoms with Crippen LogP contribution in [0.3, 0.4) is 0 Å². The Morgan fingerprint density at radius 1 is 1.07 bits per heavy atom. The Morgan fingerprint density at radius 3 is 2.33 bits per heavy atom. The average molecular weight is 359 g/mol. The second-order valence-electron chi connectivity index (χ2n) is 7.72. The van der Waals surface area contributed by atoms with Gasteiger partial charge in [0.15, 0.2) is 0 Å². The van der Waals surface area contributed by atoms with Crippen molar-refractivity contribution in [2.45, 2.75) is 37.1 Å². The smallest absolute Gasteiger partial charge is 0.231 e. The van der Waals surface area contributed by atoms with E-state index in [1.54, 1.807) is 0 Å². The van der Waals surface area contributed by atoms with E-state index in [4.69, 9.17) is 5.26 Å². The lowest BCUT2D eigenvalue weighted by Crippen LogP contribution is -2.41. The van der Waals surface area contributed by atoms with Crippen molar-refractivity contribution >= 4 is 5.91 Å². The summed E-state index contributed by atoms with van der Waals surface area (Å²) in [5.74, 6) is 0.111. The lowest BCUT2D eigenvalue weighted by Gasteiger charge is -2.27. The minimum absolute atomic E-state index is 0.00709. The zero-order valence-electron chi connectivity index (χ0n) is 15.5. The molecule has 1 saturated heterocycles. The van der Waals surface area contributed by atoms with E-state index in [-0.39, 0.29) is 11.9 Å². The van der Waals surface area contributed by atoms with Crippen molar-refractivity contribution in [1.29, 1.82) is 5.26 Å². The van der Waals surface area contributed by atoms with Crippen molar-refractivity contribution in [3.63, 3.8) is 0 Å². The maximum absolute atomic E-state index is 13.2. The molecule has 27 heavy (non-hydrogen) atoms. The summed E-state index contributed by atoms with van der Waals surface area (Å²) in [7, 11) is 0. The Kier molecular flexibility index (Phi) is 4.96. The van der Waals surface area contributed by atoms with Crippen LogP contribution in [-0.4, -0.2) is 30.4 Å². The molecule has 0 aromatic heterocycles. The van der Waals surface area contributed by atoms with E-state index in [1.165, 1.54) is 12.8 Å². The largest absolute Gasteiger partial charge is 0.347 e. The maximum Gasteiger partial charge on any atom is 0.231 e. The third-order valence-corrected chi connectivity index (χ3v) is 5.90. The lowest BCUT2D eigenvalue weighted by molar-refractivity contribution is -0.124. The van der Waals surface area contributed by atoms with Crippen LogP contribution in [0.1, 0.15) is 48.4 Å². The van der Waals surface area contributed by atoms with Gasteiger partial charge in [-0.3, -0.25) is 4.79 Å². The first-order valence-electron chi connectivity index (χ1n) is 9.80. The van der Waals surface area contributed by atoms with Gasteiger partial charge in [0.25, 0.3) is 0 Å². The highest BCUT2D eigenvalue weighted by molar-refractivity contribution is 5.91. The Balaban J connectivity index is 1.53. The predicted octanol–water partition coefficient (Wildman–Crippen LogP) is 3.54. The molecule has 1 atom stereocenters. The van der Waals surface area contributed by atoms with E-state index in [2.05, 4.69) is 28.4 Å². The molecule has 2 aliphatic rings. The summed E-state index contributed by atoms with van der Waals surface area (Å²) >= 11 is 0. The number of hydrogen-bond acceptors (Lipinski definition) is 3. The second kappa shape index (κ2) is 7.54. The third-order valence-electron chi connectivity index (χ3n) is 5.90. The van der Waals surface area contributed by atoms with E-state index in [0.717, 1.165) is 43.6 Å². The fourth-order valence-electron chi connectivity index (χ4n) is 4.08. The van der Waals surface area contributed by atoms with Crippen LogP contribution in [0.25, 0.3) is 0 Å². The molecule has 1 N–H and O–H groups in total. The molecule has 1 unspecified atom stereocenters. The Hall–Kier alpha value is -2.64. The minimum Gasteiger partial charge on any atom is -0.347 e. The summed E-state index contributed by atoms with van der Waals surface area (Å²) in [6.07, 6.45) is 4.22. The highest BCUT2D eigenvalue weighted by Gasteiger charge is 2.51. The molecule has 4 rings (SSSR count). The summed E-state index contributed by atoms with van der Waals surface area (Å²) in [5.41, 5.74) is 2.39. The summed E-state index contributed by atoms with van der Waals surface area (Å²) in [6.45, 7) is 3.08. The van der Waals surface area contributed by atoms with E-state index in [1.807, 2.05) is 42.5 Å². The van der Waals surface area contributed by atoms with Crippen LogP contribution in [0.5, 0.6) is 0 Å². The van der Waals surface area contributed by atoms with Crippen LogP contribution in [0.2, 0.25) is 0 Å². The van der Waals surface area contributed by atoms with Crippen molar-refractivity contribution in [3.05, 3.63) is 71.3 Å². The first kappa shape index (κ1) is 17.8. The number of likely N-dealkylation sites (tertiary alicyclic amines) is 1. The fourth-order valence-corrected chi connectivity index (χ4v) is 4.08. The first-order chi connectivity index (χ1) is 13.2. The number of carbonyl (C=O) groups excluding carboxylic acids is 1. The highest BCUT2D eigenvalue weighted by Crippen LogP contribution is 2.48. The Labute approximate surface area is 160 Å². The molecule has 4 heteroatoms. The van der Waals surface area contributed by atoms with Crippen LogP contribution in [0, 0.1) is 11.3 Å². The van der Waals surface area contributed by atoms with Gasteiger partial charge in [-0.2, -0.15) is 5.26 Å².